The molecule has 0 aliphatic heterocycles. The molecule has 2 nitrogen and oxygen atoms in total. The van der Waals surface area contributed by atoms with Gasteiger partial charge in [0.1, 0.15) is 0 Å². The molecule has 1 aromatic carbocycles. The van der Waals surface area contributed by atoms with Crippen molar-refractivity contribution in [3.63, 3.8) is 0 Å². The fourth-order valence-electron chi connectivity index (χ4n) is 1.66. The summed E-state index contributed by atoms with van der Waals surface area (Å²) in [6, 6.07) is 6.37. The van der Waals surface area contributed by atoms with Gasteiger partial charge >= 0.3 is 0 Å². The zero-order chi connectivity index (χ0) is 13.7. The fourth-order valence-corrected chi connectivity index (χ4v) is 3.03. The molecule has 0 aromatic heterocycles. The lowest BCUT2D eigenvalue weighted by Gasteiger charge is -2.17. The van der Waals surface area contributed by atoms with Crippen molar-refractivity contribution in [2.45, 2.75) is 50.0 Å². The van der Waals surface area contributed by atoms with E-state index in [4.69, 9.17) is 11.6 Å². The molecule has 1 aromatic rings. The zero-order valence-corrected chi connectivity index (χ0v) is 13.0. The smallest absolute Gasteiger partial charge is 0.0631 e. The number of thioether (sulfide) groups is 1. The standard InChI is InChI=1S/C14H22ClNOS/c1-5-16-9(2)13-7-6-12(8-14(13)15)18-11(4)10(3)17/h6-11,16-17H,5H2,1-4H3. The lowest BCUT2D eigenvalue weighted by Crippen LogP contribution is -2.18. The van der Waals surface area contributed by atoms with Gasteiger partial charge in [0.2, 0.25) is 0 Å². The number of nitrogens with one attached hydrogen (secondary N) is 1. The van der Waals surface area contributed by atoms with Gasteiger partial charge in [-0.3, -0.25) is 0 Å². The summed E-state index contributed by atoms with van der Waals surface area (Å²) in [7, 11) is 0. The Kier molecular flexibility index (Phi) is 6.50. The van der Waals surface area contributed by atoms with Gasteiger partial charge in [0.15, 0.2) is 0 Å². The van der Waals surface area contributed by atoms with Gasteiger partial charge in [0, 0.05) is 21.2 Å². The van der Waals surface area contributed by atoms with Crippen LogP contribution in [0.5, 0.6) is 0 Å². The number of hydrogen-bond acceptors (Lipinski definition) is 3. The number of halogens is 1. The van der Waals surface area contributed by atoms with Gasteiger partial charge in [-0.05, 0) is 38.1 Å². The van der Waals surface area contributed by atoms with Gasteiger partial charge in [0.25, 0.3) is 0 Å². The Balaban J connectivity index is 2.79. The molecule has 3 atom stereocenters. The van der Waals surface area contributed by atoms with Gasteiger partial charge in [-0.1, -0.05) is 31.5 Å². The summed E-state index contributed by atoms with van der Waals surface area (Å²) >= 11 is 7.95. The van der Waals surface area contributed by atoms with Gasteiger partial charge in [-0.25, -0.2) is 0 Å². The molecule has 0 aliphatic carbocycles. The summed E-state index contributed by atoms with van der Waals surface area (Å²) in [6.45, 7) is 8.93. The molecule has 18 heavy (non-hydrogen) atoms. The van der Waals surface area contributed by atoms with Crippen LogP contribution in [0.15, 0.2) is 23.1 Å². The molecule has 1 rings (SSSR count). The number of aliphatic hydroxyl groups is 1. The lowest BCUT2D eigenvalue weighted by molar-refractivity contribution is 0.196. The molecule has 0 radical (unpaired) electrons. The molecule has 0 spiro atoms. The molecule has 0 aliphatic rings. The average molecular weight is 288 g/mol. The normalized spacial score (nSPS) is 16.3. The Labute approximate surface area is 119 Å². The lowest BCUT2D eigenvalue weighted by atomic mass is 10.1. The summed E-state index contributed by atoms with van der Waals surface area (Å²) in [5, 5.41) is 13.8. The van der Waals surface area contributed by atoms with Crippen LogP contribution in [-0.2, 0) is 0 Å². The Hall–Kier alpha value is -0.220. The minimum absolute atomic E-state index is 0.165. The monoisotopic (exact) mass is 287 g/mol. The molecule has 0 amide bonds. The number of rotatable bonds is 6. The maximum Gasteiger partial charge on any atom is 0.0631 e. The summed E-state index contributed by atoms with van der Waals surface area (Å²) < 4.78 is 0. The molecule has 4 heteroatoms. The molecule has 0 heterocycles. The Morgan fingerprint density at radius 2 is 2.00 bits per heavy atom. The second kappa shape index (κ2) is 7.39. The van der Waals surface area contributed by atoms with Crippen LogP contribution in [0.25, 0.3) is 0 Å². The zero-order valence-electron chi connectivity index (χ0n) is 11.4. The second-order valence-corrected chi connectivity index (χ2v) is 6.38. The predicted octanol–water partition coefficient (Wildman–Crippen LogP) is 3.87. The van der Waals surface area contributed by atoms with Crippen molar-refractivity contribution in [3.8, 4) is 0 Å². The first kappa shape index (κ1) is 15.8. The first-order valence-corrected chi connectivity index (χ1v) is 7.59. The van der Waals surface area contributed by atoms with Crippen molar-refractivity contribution < 1.29 is 5.11 Å². The van der Waals surface area contributed by atoms with Crippen molar-refractivity contribution >= 4 is 23.4 Å². The van der Waals surface area contributed by atoms with Crippen molar-refractivity contribution in [2.24, 2.45) is 0 Å². The third-order valence-corrected chi connectivity index (χ3v) is 4.57. The van der Waals surface area contributed by atoms with E-state index in [-0.39, 0.29) is 17.4 Å². The first-order valence-electron chi connectivity index (χ1n) is 6.33. The highest BCUT2D eigenvalue weighted by atomic mass is 35.5. The van der Waals surface area contributed by atoms with E-state index >= 15 is 0 Å². The Bertz CT molecular complexity index is 384. The molecular formula is C14H22ClNOS. The second-order valence-electron chi connectivity index (χ2n) is 4.53. The van der Waals surface area contributed by atoms with Crippen LogP contribution >= 0.6 is 23.4 Å². The minimum Gasteiger partial charge on any atom is -0.392 e. The maximum absolute atomic E-state index is 9.50. The van der Waals surface area contributed by atoms with E-state index in [9.17, 15) is 5.11 Å². The molecular weight excluding hydrogens is 266 g/mol. The van der Waals surface area contributed by atoms with Crippen molar-refractivity contribution in [1.29, 1.82) is 0 Å². The summed E-state index contributed by atoms with van der Waals surface area (Å²) in [5.41, 5.74) is 1.12. The third kappa shape index (κ3) is 4.47. The molecule has 0 saturated heterocycles. The minimum atomic E-state index is -0.325. The predicted molar refractivity (Wildman–Crippen MR) is 80.5 cm³/mol. The Morgan fingerprint density at radius 3 is 2.50 bits per heavy atom. The third-order valence-electron chi connectivity index (χ3n) is 2.95. The molecule has 2 N–H and O–H groups in total. The van der Waals surface area contributed by atoms with Crippen LogP contribution in [-0.4, -0.2) is 23.0 Å². The quantitative estimate of drug-likeness (QED) is 0.779. The summed E-state index contributed by atoms with van der Waals surface area (Å²) in [4.78, 5) is 1.10. The van der Waals surface area contributed by atoms with Gasteiger partial charge in [-0.2, -0.15) is 0 Å². The SMILES string of the molecule is CCNC(C)c1ccc(SC(C)C(C)O)cc1Cl. The fraction of sp³-hybridized carbons (Fsp3) is 0.571. The summed E-state index contributed by atoms with van der Waals surface area (Å²) in [5.74, 6) is 0. The highest BCUT2D eigenvalue weighted by molar-refractivity contribution is 8.00. The van der Waals surface area contributed by atoms with E-state index in [2.05, 4.69) is 31.3 Å². The number of aliphatic hydroxyl groups excluding tert-OH is 1. The van der Waals surface area contributed by atoms with Gasteiger partial charge in [0.05, 0.1) is 6.10 Å². The van der Waals surface area contributed by atoms with E-state index in [1.54, 1.807) is 18.7 Å². The largest absolute Gasteiger partial charge is 0.392 e. The molecule has 0 saturated carbocycles. The van der Waals surface area contributed by atoms with Gasteiger partial charge in [-0.15, -0.1) is 11.8 Å². The van der Waals surface area contributed by atoms with E-state index in [0.29, 0.717) is 0 Å². The highest BCUT2D eigenvalue weighted by Gasteiger charge is 2.13. The highest BCUT2D eigenvalue weighted by Crippen LogP contribution is 2.31. The average Bonchev–Trinajstić information content (AvgIpc) is 2.29. The van der Waals surface area contributed by atoms with Crippen LogP contribution in [0.3, 0.4) is 0 Å². The number of hydrogen-bond donors (Lipinski definition) is 2. The van der Waals surface area contributed by atoms with E-state index in [1.165, 1.54) is 0 Å². The van der Waals surface area contributed by atoms with E-state index < -0.39 is 0 Å². The Morgan fingerprint density at radius 1 is 1.33 bits per heavy atom. The summed E-state index contributed by atoms with van der Waals surface area (Å²) in [6.07, 6.45) is -0.325. The molecule has 0 fully saturated rings. The van der Waals surface area contributed by atoms with Crippen LogP contribution in [0.2, 0.25) is 5.02 Å². The van der Waals surface area contributed by atoms with Crippen molar-refractivity contribution in [2.75, 3.05) is 6.54 Å². The van der Waals surface area contributed by atoms with Crippen LogP contribution in [0, 0.1) is 0 Å². The van der Waals surface area contributed by atoms with E-state index in [1.807, 2.05) is 13.0 Å². The molecule has 0 bridgehead atoms. The topological polar surface area (TPSA) is 32.3 Å². The van der Waals surface area contributed by atoms with Crippen LogP contribution in [0.4, 0.5) is 0 Å². The molecule has 3 unspecified atom stereocenters. The van der Waals surface area contributed by atoms with Crippen LogP contribution < -0.4 is 5.32 Å². The van der Waals surface area contributed by atoms with Crippen molar-refractivity contribution in [3.05, 3.63) is 28.8 Å². The van der Waals surface area contributed by atoms with Crippen molar-refractivity contribution in [1.82, 2.24) is 5.32 Å². The number of benzene rings is 1. The van der Waals surface area contributed by atoms with Gasteiger partial charge < -0.3 is 10.4 Å². The molecule has 102 valence electrons. The van der Waals surface area contributed by atoms with Crippen LogP contribution in [0.1, 0.15) is 39.3 Å². The first-order chi connectivity index (χ1) is 8.45. The maximum atomic E-state index is 9.50. The van der Waals surface area contributed by atoms with E-state index in [0.717, 1.165) is 22.0 Å².